The minimum absolute atomic E-state index is 0. The number of ether oxygens (including phenoxy) is 1. The molecule has 0 aromatic carbocycles. The molecule has 3 rings (SSSR count). The Morgan fingerprint density at radius 3 is 1.48 bits per heavy atom. The zero-order valence-corrected chi connectivity index (χ0v) is 18.5. The molecule has 0 spiro atoms. The second-order valence-electron chi connectivity index (χ2n) is 10.3. The maximum Gasteiger partial charge on any atom is 0.333 e. The van der Waals surface area contributed by atoms with Crippen molar-refractivity contribution in [1.82, 2.24) is 0 Å². The van der Waals surface area contributed by atoms with Gasteiger partial charge in [-0.2, -0.15) is 0 Å². The third kappa shape index (κ3) is 8.50. The average Bonchev–Trinajstić information content (AvgIpc) is 2.66. The van der Waals surface area contributed by atoms with Crippen molar-refractivity contribution in [2.45, 2.75) is 117 Å². The summed E-state index contributed by atoms with van der Waals surface area (Å²) >= 11 is 0. The van der Waals surface area contributed by atoms with E-state index in [0.717, 1.165) is 42.4 Å². The van der Waals surface area contributed by atoms with Crippen LogP contribution in [0.1, 0.15) is 111 Å². The van der Waals surface area contributed by atoms with Crippen molar-refractivity contribution in [2.75, 3.05) is 0 Å². The quantitative estimate of drug-likeness (QED) is 0.264. The highest BCUT2D eigenvalue weighted by molar-refractivity contribution is 5.87. The van der Waals surface area contributed by atoms with Gasteiger partial charge in [-0.15, -0.1) is 0 Å². The second kappa shape index (κ2) is 12.9. The molecule has 3 heteroatoms. The van der Waals surface area contributed by atoms with E-state index in [1.807, 2.05) is 0 Å². The third-order valence-electron chi connectivity index (χ3n) is 7.85. The topological polar surface area (TPSA) is 26.3 Å². The zero-order chi connectivity index (χ0) is 19.2. The van der Waals surface area contributed by atoms with Gasteiger partial charge in [-0.05, 0) is 75.0 Å². The van der Waals surface area contributed by atoms with Gasteiger partial charge in [0.05, 0.1) is 0 Å². The Bertz CT molecular complexity index is 479. The molecule has 0 unspecified atom stereocenters. The smallest absolute Gasteiger partial charge is 0.333 e. The zero-order valence-electron chi connectivity index (χ0n) is 18.5. The Morgan fingerprint density at radius 2 is 1.10 bits per heavy atom. The number of hydrogen-bond acceptors (Lipinski definition) is 2. The van der Waals surface area contributed by atoms with Crippen molar-refractivity contribution in [1.29, 1.82) is 0 Å². The van der Waals surface area contributed by atoms with Crippen LogP contribution in [-0.4, -0.2) is 20.5 Å². The molecule has 3 fully saturated rings. The van der Waals surface area contributed by atoms with E-state index in [2.05, 4.69) is 13.5 Å². The molecule has 0 heterocycles. The van der Waals surface area contributed by atoms with Crippen molar-refractivity contribution in [2.24, 2.45) is 29.6 Å². The van der Waals surface area contributed by atoms with E-state index in [9.17, 15) is 4.79 Å². The van der Waals surface area contributed by atoms with E-state index in [1.54, 1.807) is 6.92 Å². The first-order valence-electron chi connectivity index (χ1n) is 11.9. The maximum absolute atomic E-state index is 11.7. The molecule has 0 N–H and O–H groups in total. The molecule has 0 saturated heterocycles. The second-order valence-corrected chi connectivity index (χ2v) is 10.3. The summed E-state index contributed by atoms with van der Waals surface area (Å²) in [6.07, 6.45) is 19.6. The van der Waals surface area contributed by atoms with Crippen LogP contribution in [0.25, 0.3) is 0 Å². The summed E-state index contributed by atoms with van der Waals surface area (Å²) in [4.78, 5) is 11.7. The average molecular weight is 401 g/mol. The molecule has 3 aliphatic carbocycles. The molecule has 2 nitrogen and oxygen atoms in total. The molecule has 0 amide bonds. The van der Waals surface area contributed by atoms with Gasteiger partial charge in [0.25, 0.3) is 0 Å². The number of esters is 1. The molecule has 29 heavy (non-hydrogen) atoms. The van der Waals surface area contributed by atoms with Gasteiger partial charge in [0.1, 0.15) is 6.10 Å². The SMILES string of the molecule is C.C=C(C)C(=O)OC1CCC(CC2CCC(CC3CCC(C)CC3)CC2)CC1.[B]. The lowest BCUT2D eigenvalue weighted by atomic mass is 9.71. The lowest BCUT2D eigenvalue weighted by Crippen LogP contribution is -2.26. The Labute approximate surface area is 183 Å². The van der Waals surface area contributed by atoms with E-state index in [4.69, 9.17) is 4.74 Å². The molecular formula is C26H46BO2. The van der Waals surface area contributed by atoms with Crippen LogP contribution in [0.2, 0.25) is 0 Å². The Balaban J connectivity index is 0.00000210. The third-order valence-corrected chi connectivity index (χ3v) is 7.85. The van der Waals surface area contributed by atoms with Crippen LogP contribution < -0.4 is 0 Å². The first-order valence-corrected chi connectivity index (χ1v) is 11.9. The van der Waals surface area contributed by atoms with Gasteiger partial charge in [0.2, 0.25) is 0 Å². The van der Waals surface area contributed by atoms with Crippen LogP contribution in [-0.2, 0) is 9.53 Å². The highest BCUT2D eigenvalue weighted by Crippen LogP contribution is 2.41. The fourth-order valence-electron chi connectivity index (χ4n) is 5.95. The number of carbonyl (C=O) groups is 1. The molecule has 0 aromatic rings. The lowest BCUT2D eigenvalue weighted by molar-refractivity contribution is -0.146. The van der Waals surface area contributed by atoms with Crippen LogP contribution in [0.15, 0.2) is 12.2 Å². The van der Waals surface area contributed by atoms with Gasteiger partial charge < -0.3 is 4.74 Å². The first kappa shape index (κ1) is 26.3. The lowest BCUT2D eigenvalue weighted by Gasteiger charge is -2.36. The van der Waals surface area contributed by atoms with Gasteiger partial charge >= 0.3 is 5.97 Å². The molecule has 165 valence electrons. The van der Waals surface area contributed by atoms with Crippen molar-refractivity contribution in [3.63, 3.8) is 0 Å². The Hall–Kier alpha value is -0.725. The van der Waals surface area contributed by atoms with Crippen LogP contribution in [0.4, 0.5) is 0 Å². The molecule has 0 aromatic heterocycles. The minimum atomic E-state index is -0.204. The van der Waals surface area contributed by atoms with Gasteiger partial charge in [0, 0.05) is 14.0 Å². The molecule has 0 atom stereocenters. The summed E-state index contributed by atoms with van der Waals surface area (Å²) in [5, 5.41) is 0. The molecule has 3 aliphatic rings. The summed E-state index contributed by atoms with van der Waals surface area (Å²) in [5.41, 5.74) is 0.525. The predicted molar refractivity (Wildman–Crippen MR) is 125 cm³/mol. The highest BCUT2D eigenvalue weighted by atomic mass is 16.5. The van der Waals surface area contributed by atoms with Crippen LogP contribution in [0.5, 0.6) is 0 Å². The van der Waals surface area contributed by atoms with Gasteiger partial charge in [-0.25, -0.2) is 4.79 Å². The first-order chi connectivity index (χ1) is 13.0. The number of hydrogen-bond donors (Lipinski definition) is 0. The van der Waals surface area contributed by atoms with Crippen molar-refractivity contribution in [3.8, 4) is 0 Å². The predicted octanol–water partition coefficient (Wildman–Crippen LogP) is 7.33. The summed E-state index contributed by atoms with van der Waals surface area (Å²) in [6.45, 7) is 7.85. The summed E-state index contributed by atoms with van der Waals surface area (Å²) in [7, 11) is 0. The molecule has 0 bridgehead atoms. The maximum atomic E-state index is 11.7. The Morgan fingerprint density at radius 1 is 0.759 bits per heavy atom. The van der Waals surface area contributed by atoms with Crippen molar-refractivity contribution < 1.29 is 9.53 Å². The fraction of sp³-hybridized carbons (Fsp3) is 0.885. The van der Waals surface area contributed by atoms with Crippen LogP contribution in [0, 0.1) is 29.6 Å². The normalized spacial score (nSPS) is 35.0. The standard InChI is InChI=1S/C25H42O2.CH4.B/c1-18(2)25(26)27-24-14-12-23(13-15-24)17-22-10-8-21(9-11-22)16-20-6-4-19(3)5-7-20;;/h19-24H,1,4-17H2,2-3H3;1H4;. The van der Waals surface area contributed by atoms with E-state index in [0.29, 0.717) is 5.57 Å². The Kier molecular flexibility index (Phi) is 11.7. The van der Waals surface area contributed by atoms with Crippen LogP contribution in [0.3, 0.4) is 0 Å². The summed E-state index contributed by atoms with van der Waals surface area (Å²) in [6, 6.07) is 0. The van der Waals surface area contributed by atoms with E-state index < -0.39 is 0 Å². The van der Waals surface area contributed by atoms with Gasteiger partial charge in [0.15, 0.2) is 0 Å². The van der Waals surface area contributed by atoms with Crippen molar-refractivity contribution >= 4 is 14.4 Å². The summed E-state index contributed by atoms with van der Waals surface area (Å²) < 4.78 is 5.55. The molecule has 3 radical (unpaired) electrons. The largest absolute Gasteiger partial charge is 0.459 e. The minimum Gasteiger partial charge on any atom is -0.459 e. The molecule has 0 aliphatic heterocycles. The van der Waals surface area contributed by atoms with Gasteiger partial charge in [-0.3, -0.25) is 0 Å². The number of rotatable bonds is 6. The molecule has 3 saturated carbocycles. The summed E-state index contributed by atoms with van der Waals surface area (Å²) in [5.74, 6) is 4.68. The van der Waals surface area contributed by atoms with E-state index in [1.165, 1.54) is 77.0 Å². The van der Waals surface area contributed by atoms with E-state index >= 15 is 0 Å². The number of carbonyl (C=O) groups excluding carboxylic acids is 1. The van der Waals surface area contributed by atoms with Gasteiger partial charge in [-0.1, -0.05) is 72.3 Å². The molecular weight excluding hydrogens is 355 g/mol. The highest BCUT2D eigenvalue weighted by Gasteiger charge is 2.29. The monoisotopic (exact) mass is 401 g/mol. The van der Waals surface area contributed by atoms with E-state index in [-0.39, 0.29) is 27.9 Å². The fourth-order valence-corrected chi connectivity index (χ4v) is 5.95. The van der Waals surface area contributed by atoms with Crippen LogP contribution >= 0.6 is 0 Å². The van der Waals surface area contributed by atoms with Crippen molar-refractivity contribution in [3.05, 3.63) is 12.2 Å².